The van der Waals surface area contributed by atoms with Crippen LogP contribution in [0.3, 0.4) is 0 Å². The Morgan fingerprint density at radius 3 is 2.48 bits per heavy atom. The number of carbonyl (C=O) groups excluding carboxylic acids is 3. The van der Waals surface area contributed by atoms with Gasteiger partial charge in [0, 0.05) is 28.8 Å². The molecule has 2 aromatic rings. The van der Waals surface area contributed by atoms with E-state index in [4.69, 9.17) is 0 Å². The van der Waals surface area contributed by atoms with Gasteiger partial charge in [-0.15, -0.1) is 0 Å². The second-order valence-corrected chi connectivity index (χ2v) is 7.33. The van der Waals surface area contributed by atoms with Gasteiger partial charge in [0.1, 0.15) is 12.1 Å². The van der Waals surface area contributed by atoms with Crippen LogP contribution in [0.25, 0.3) is 11.1 Å². The molecule has 2 atom stereocenters. The normalized spacial score (nSPS) is 18.2. The van der Waals surface area contributed by atoms with Crippen LogP contribution in [-0.2, 0) is 9.59 Å². The molecule has 2 aliphatic rings. The molecule has 0 spiro atoms. The Kier molecular flexibility index (Phi) is 4.66. The fourth-order valence-corrected chi connectivity index (χ4v) is 4.14. The average molecular weight is 392 g/mol. The summed E-state index contributed by atoms with van der Waals surface area (Å²) in [6.07, 6.45) is 1.03. The number of nitrogens with one attached hydrogen (secondary N) is 1. The van der Waals surface area contributed by atoms with Crippen molar-refractivity contribution in [1.29, 1.82) is 0 Å². The second-order valence-electron chi connectivity index (χ2n) is 7.33. The van der Waals surface area contributed by atoms with Crippen molar-refractivity contribution < 1.29 is 24.3 Å². The van der Waals surface area contributed by atoms with E-state index in [1.54, 1.807) is 43.3 Å². The third-order valence-corrected chi connectivity index (χ3v) is 5.53. The first-order chi connectivity index (χ1) is 13.9. The zero-order valence-electron chi connectivity index (χ0n) is 15.8. The molecule has 0 saturated carbocycles. The number of aliphatic carboxylic acids is 1. The van der Waals surface area contributed by atoms with E-state index < -0.39 is 29.9 Å². The van der Waals surface area contributed by atoms with Gasteiger partial charge < -0.3 is 15.3 Å². The number of hydrogen-bond acceptors (Lipinski definition) is 4. The Labute approximate surface area is 167 Å². The van der Waals surface area contributed by atoms with E-state index in [2.05, 4.69) is 5.32 Å². The van der Waals surface area contributed by atoms with Crippen LogP contribution in [-0.4, -0.2) is 52.2 Å². The number of carboxylic acids is 1. The summed E-state index contributed by atoms with van der Waals surface area (Å²) in [5.41, 5.74) is 2.59. The van der Waals surface area contributed by atoms with Gasteiger partial charge >= 0.3 is 5.97 Å². The number of likely N-dealkylation sites (tertiary alicyclic amines) is 1. The highest BCUT2D eigenvalue weighted by molar-refractivity contribution is 6.24. The molecule has 1 saturated heterocycles. The summed E-state index contributed by atoms with van der Waals surface area (Å²) in [7, 11) is 0. The quantitative estimate of drug-likeness (QED) is 0.708. The molecule has 0 bridgehead atoms. The number of rotatable bonds is 4. The van der Waals surface area contributed by atoms with E-state index in [1.165, 1.54) is 4.90 Å². The Morgan fingerprint density at radius 2 is 1.76 bits per heavy atom. The molecule has 7 nitrogen and oxygen atoms in total. The predicted octanol–water partition coefficient (Wildman–Crippen LogP) is 2.09. The van der Waals surface area contributed by atoms with Crippen molar-refractivity contribution in [3.8, 4) is 11.1 Å². The third-order valence-electron chi connectivity index (χ3n) is 5.53. The highest BCUT2D eigenvalue weighted by Gasteiger charge is 2.37. The third kappa shape index (κ3) is 3.08. The zero-order valence-corrected chi connectivity index (χ0v) is 15.8. The topological polar surface area (TPSA) is 104 Å². The van der Waals surface area contributed by atoms with E-state index in [9.17, 15) is 24.3 Å². The van der Waals surface area contributed by atoms with Gasteiger partial charge in [0.15, 0.2) is 5.78 Å². The molecule has 0 aromatic heterocycles. The SMILES string of the molecule is CC(NC(=O)c1cccc2c1-c1ccccc1C2=O)C(=O)N1CCCC1C(=O)O. The molecule has 2 amide bonds. The zero-order chi connectivity index (χ0) is 20.7. The number of hydrogen-bond donors (Lipinski definition) is 2. The Hall–Kier alpha value is -3.48. The van der Waals surface area contributed by atoms with Crippen LogP contribution in [0.2, 0.25) is 0 Å². The molecular weight excluding hydrogens is 372 g/mol. The summed E-state index contributed by atoms with van der Waals surface area (Å²) in [6, 6.07) is 10.3. The van der Waals surface area contributed by atoms with Crippen LogP contribution < -0.4 is 5.32 Å². The van der Waals surface area contributed by atoms with Crippen LogP contribution in [0.1, 0.15) is 46.0 Å². The van der Waals surface area contributed by atoms with E-state index in [0.717, 1.165) is 0 Å². The van der Waals surface area contributed by atoms with E-state index >= 15 is 0 Å². The Bertz CT molecular complexity index is 1050. The van der Waals surface area contributed by atoms with E-state index in [1.807, 2.05) is 6.07 Å². The number of nitrogens with zero attached hydrogens (tertiary/aromatic N) is 1. The molecule has 2 aromatic carbocycles. The molecule has 4 rings (SSSR count). The first kappa shape index (κ1) is 18.9. The minimum atomic E-state index is -1.04. The van der Waals surface area contributed by atoms with Gasteiger partial charge in [0.05, 0.1) is 0 Å². The minimum Gasteiger partial charge on any atom is -0.480 e. The van der Waals surface area contributed by atoms with Crippen molar-refractivity contribution in [3.05, 3.63) is 59.2 Å². The molecule has 7 heteroatoms. The van der Waals surface area contributed by atoms with Gasteiger partial charge in [0.25, 0.3) is 5.91 Å². The van der Waals surface area contributed by atoms with Gasteiger partial charge in [-0.2, -0.15) is 0 Å². The molecule has 29 heavy (non-hydrogen) atoms. The molecule has 1 aliphatic carbocycles. The lowest BCUT2D eigenvalue weighted by molar-refractivity contribution is -0.148. The molecule has 2 N–H and O–H groups in total. The summed E-state index contributed by atoms with van der Waals surface area (Å²) in [5.74, 6) is -2.06. The monoisotopic (exact) mass is 392 g/mol. The molecule has 0 radical (unpaired) electrons. The summed E-state index contributed by atoms with van der Waals surface area (Å²) in [4.78, 5) is 50.9. The summed E-state index contributed by atoms with van der Waals surface area (Å²) in [6.45, 7) is 1.90. The van der Waals surface area contributed by atoms with Gasteiger partial charge in [-0.25, -0.2) is 4.79 Å². The Morgan fingerprint density at radius 1 is 1.07 bits per heavy atom. The summed E-state index contributed by atoms with van der Waals surface area (Å²) >= 11 is 0. The number of carbonyl (C=O) groups is 4. The standard InChI is InChI=1S/C22H20N2O5/c1-12(21(27)24-11-5-10-17(24)22(28)29)23-20(26)16-9-4-8-15-18(16)13-6-2-3-7-14(13)19(15)25/h2-4,6-9,12,17H,5,10-11H2,1H3,(H,23,26)(H,28,29). The minimum absolute atomic E-state index is 0.129. The van der Waals surface area contributed by atoms with Crippen LogP contribution >= 0.6 is 0 Å². The number of carboxylic acid groups (broad SMARTS) is 1. The van der Waals surface area contributed by atoms with Gasteiger partial charge in [-0.1, -0.05) is 36.4 Å². The number of benzene rings is 2. The number of fused-ring (bicyclic) bond motifs is 3. The molecule has 1 heterocycles. The van der Waals surface area contributed by atoms with Crippen molar-refractivity contribution in [1.82, 2.24) is 10.2 Å². The van der Waals surface area contributed by atoms with Gasteiger partial charge in [-0.05, 0) is 31.4 Å². The molecular formula is C22H20N2O5. The van der Waals surface area contributed by atoms with Crippen molar-refractivity contribution in [3.63, 3.8) is 0 Å². The second kappa shape index (κ2) is 7.16. The molecule has 1 fully saturated rings. The largest absolute Gasteiger partial charge is 0.480 e. The summed E-state index contributed by atoms with van der Waals surface area (Å²) in [5, 5.41) is 12.0. The van der Waals surface area contributed by atoms with Crippen LogP contribution in [0.5, 0.6) is 0 Å². The van der Waals surface area contributed by atoms with Crippen molar-refractivity contribution in [2.45, 2.75) is 31.8 Å². The van der Waals surface area contributed by atoms with Crippen LogP contribution in [0, 0.1) is 0 Å². The van der Waals surface area contributed by atoms with Crippen LogP contribution in [0.4, 0.5) is 0 Å². The average Bonchev–Trinajstić information content (AvgIpc) is 3.32. The number of amides is 2. The molecule has 148 valence electrons. The van der Waals surface area contributed by atoms with Crippen molar-refractivity contribution in [2.24, 2.45) is 0 Å². The van der Waals surface area contributed by atoms with Crippen molar-refractivity contribution >= 4 is 23.6 Å². The smallest absolute Gasteiger partial charge is 0.326 e. The maximum absolute atomic E-state index is 13.0. The fraction of sp³-hybridized carbons (Fsp3) is 0.273. The Balaban J connectivity index is 1.59. The molecule has 2 unspecified atom stereocenters. The lowest BCUT2D eigenvalue weighted by atomic mass is 9.98. The predicted molar refractivity (Wildman–Crippen MR) is 105 cm³/mol. The highest BCUT2D eigenvalue weighted by atomic mass is 16.4. The van der Waals surface area contributed by atoms with E-state index in [-0.39, 0.29) is 5.78 Å². The van der Waals surface area contributed by atoms with Crippen LogP contribution in [0.15, 0.2) is 42.5 Å². The lowest BCUT2D eigenvalue weighted by Crippen LogP contribution is -2.50. The maximum Gasteiger partial charge on any atom is 0.326 e. The lowest BCUT2D eigenvalue weighted by Gasteiger charge is -2.25. The summed E-state index contributed by atoms with van der Waals surface area (Å²) < 4.78 is 0. The highest BCUT2D eigenvalue weighted by Crippen LogP contribution is 2.38. The van der Waals surface area contributed by atoms with Gasteiger partial charge in [-0.3, -0.25) is 14.4 Å². The van der Waals surface area contributed by atoms with Crippen molar-refractivity contribution in [2.75, 3.05) is 6.54 Å². The van der Waals surface area contributed by atoms with E-state index in [0.29, 0.717) is 47.2 Å². The first-order valence-electron chi connectivity index (χ1n) is 9.51. The fourth-order valence-electron chi connectivity index (χ4n) is 4.14. The molecule has 1 aliphatic heterocycles. The van der Waals surface area contributed by atoms with Gasteiger partial charge in [0.2, 0.25) is 5.91 Å². The first-order valence-corrected chi connectivity index (χ1v) is 9.51. The maximum atomic E-state index is 13.0. The number of ketones is 1.